The van der Waals surface area contributed by atoms with Crippen LogP contribution < -0.4 is 5.73 Å². The summed E-state index contributed by atoms with van der Waals surface area (Å²) >= 11 is 3.44. The van der Waals surface area contributed by atoms with E-state index in [-0.39, 0.29) is 0 Å². The minimum absolute atomic E-state index is 0.392. The van der Waals surface area contributed by atoms with E-state index < -0.39 is 0 Å². The highest BCUT2D eigenvalue weighted by atomic mass is 79.9. The van der Waals surface area contributed by atoms with E-state index in [1.165, 1.54) is 6.33 Å². The van der Waals surface area contributed by atoms with E-state index in [4.69, 9.17) is 5.73 Å². The van der Waals surface area contributed by atoms with Gasteiger partial charge >= 0.3 is 0 Å². The zero-order valence-electron chi connectivity index (χ0n) is 8.71. The molecule has 3 aromatic rings. The van der Waals surface area contributed by atoms with Gasteiger partial charge in [-0.3, -0.25) is 4.57 Å². The number of anilines is 1. The SMILES string of the molecule is Nc1ncnc2c1ncn2-c1cccc(Br)c1. The summed E-state index contributed by atoms with van der Waals surface area (Å²) in [5, 5.41) is 0. The average molecular weight is 290 g/mol. The first-order valence-electron chi connectivity index (χ1n) is 4.95. The minimum atomic E-state index is 0.392. The molecule has 1 aromatic carbocycles. The molecule has 84 valence electrons. The van der Waals surface area contributed by atoms with Crippen LogP contribution in [0.25, 0.3) is 16.9 Å². The summed E-state index contributed by atoms with van der Waals surface area (Å²) in [6, 6.07) is 7.88. The van der Waals surface area contributed by atoms with Crippen molar-refractivity contribution in [2.45, 2.75) is 0 Å². The summed E-state index contributed by atoms with van der Waals surface area (Å²) in [5.41, 5.74) is 8.04. The van der Waals surface area contributed by atoms with Gasteiger partial charge in [-0.15, -0.1) is 0 Å². The topological polar surface area (TPSA) is 69.6 Å². The Bertz CT molecular complexity index is 691. The minimum Gasteiger partial charge on any atom is -0.382 e. The molecule has 0 fully saturated rings. The average Bonchev–Trinajstić information content (AvgIpc) is 2.74. The molecule has 2 heterocycles. The molecule has 0 aliphatic carbocycles. The molecule has 2 N–H and O–H groups in total. The third-order valence-corrected chi connectivity index (χ3v) is 2.94. The Morgan fingerprint density at radius 2 is 2.06 bits per heavy atom. The molecule has 0 radical (unpaired) electrons. The van der Waals surface area contributed by atoms with Gasteiger partial charge in [0.25, 0.3) is 0 Å². The van der Waals surface area contributed by atoms with Crippen LogP contribution in [0.1, 0.15) is 0 Å². The zero-order chi connectivity index (χ0) is 11.8. The van der Waals surface area contributed by atoms with Crippen LogP contribution in [0.15, 0.2) is 41.4 Å². The van der Waals surface area contributed by atoms with Crippen LogP contribution in [0.4, 0.5) is 5.82 Å². The smallest absolute Gasteiger partial charge is 0.170 e. The third kappa shape index (κ3) is 1.66. The molecule has 0 aliphatic heterocycles. The number of fused-ring (bicyclic) bond motifs is 1. The fraction of sp³-hybridized carbons (Fsp3) is 0. The van der Waals surface area contributed by atoms with Crippen molar-refractivity contribution < 1.29 is 0 Å². The molecule has 2 aromatic heterocycles. The van der Waals surface area contributed by atoms with Gasteiger partial charge in [0.2, 0.25) is 0 Å². The molecule has 17 heavy (non-hydrogen) atoms. The van der Waals surface area contributed by atoms with Crippen molar-refractivity contribution >= 4 is 32.9 Å². The van der Waals surface area contributed by atoms with Gasteiger partial charge in [-0.05, 0) is 18.2 Å². The Labute approximate surface area is 105 Å². The van der Waals surface area contributed by atoms with Crippen molar-refractivity contribution in [2.24, 2.45) is 0 Å². The Balaban J connectivity index is 2.28. The first-order valence-corrected chi connectivity index (χ1v) is 5.74. The first-order chi connectivity index (χ1) is 8.25. The monoisotopic (exact) mass is 289 g/mol. The summed E-state index contributed by atoms with van der Waals surface area (Å²) in [6.07, 6.45) is 3.13. The first kappa shape index (κ1) is 10.2. The fourth-order valence-electron chi connectivity index (χ4n) is 1.67. The predicted octanol–water partition coefficient (Wildman–Crippen LogP) is 2.16. The van der Waals surface area contributed by atoms with Crippen molar-refractivity contribution in [3.63, 3.8) is 0 Å². The van der Waals surface area contributed by atoms with Gasteiger partial charge in [0.1, 0.15) is 12.7 Å². The van der Waals surface area contributed by atoms with Crippen molar-refractivity contribution in [3.05, 3.63) is 41.4 Å². The molecule has 0 unspecified atom stereocenters. The molecule has 0 aliphatic rings. The number of nitrogens with two attached hydrogens (primary N) is 1. The molecule has 0 saturated heterocycles. The van der Waals surface area contributed by atoms with Crippen LogP contribution in [-0.2, 0) is 0 Å². The Morgan fingerprint density at radius 1 is 1.18 bits per heavy atom. The van der Waals surface area contributed by atoms with Gasteiger partial charge < -0.3 is 5.73 Å². The van der Waals surface area contributed by atoms with Gasteiger partial charge in [-0.2, -0.15) is 0 Å². The Kier molecular flexibility index (Phi) is 2.29. The number of halogens is 1. The largest absolute Gasteiger partial charge is 0.382 e. The predicted molar refractivity (Wildman–Crippen MR) is 68.8 cm³/mol. The van der Waals surface area contributed by atoms with E-state index in [1.807, 2.05) is 28.8 Å². The van der Waals surface area contributed by atoms with Crippen LogP contribution in [0.5, 0.6) is 0 Å². The molecule has 5 nitrogen and oxygen atoms in total. The standard InChI is InChI=1S/C11H8BrN5/c12-7-2-1-3-8(4-7)17-6-16-9-10(13)14-5-15-11(9)17/h1-6H,(H2,13,14,15). The summed E-state index contributed by atoms with van der Waals surface area (Å²) in [5.74, 6) is 0.392. The van der Waals surface area contributed by atoms with Gasteiger partial charge in [-0.25, -0.2) is 15.0 Å². The molecular weight excluding hydrogens is 282 g/mol. The number of aromatic nitrogens is 4. The molecule has 3 rings (SSSR count). The molecule has 0 amide bonds. The zero-order valence-corrected chi connectivity index (χ0v) is 10.3. The number of rotatable bonds is 1. The normalized spacial score (nSPS) is 10.9. The van der Waals surface area contributed by atoms with E-state index in [0.29, 0.717) is 17.0 Å². The number of hydrogen-bond acceptors (Lipinski definition) is 4. The Morgan fingerprint density at radius 3 is 2.88 bits per heavy atom. The van der Waals surface area contributed by atoms with Gasteiger partial charge in [-0.1, -0.05) is 22.0 Å². The number of imidazole rings is 1. The van der Waals surface area contributed by atoms with E-state index >= 15 is 0 Å². The van der Waals surface area contributed by atoms with E-state index in [0.717, 1.165) is 10.2 Å². The number of hydrogen-bond donors (Lipinski definition) is 1. The van der Waals surface area contributed by atoms with Crippen LogP contribution in [-0.4, -0.2) is 19.5 Å². The second-order valence-corrected chi connectivity index (χ2v) is 4.44. The fourth-order valence-corrected chi connectivity index (χ4v) is 2.05. The van der Waals surface area contributed by atoms with Crippen LogP contribution in [0.2, 0.25) is 0 Å². The second kappa shape index (κ2) is 3.81. The maximum atomic E-state index is 5.74. The molecule has 6 heteroatoms. The van der Waals surface area contributed by atoms with E-state index in [9.17, 15) is 0 Å². The number of benzene rings is 1. The number of nitrogen functional groups attached to an aromatic ring is 1. The van der Waals surface area contributed by atoms with Gasteiger partial charge in [0, 0.05) is 10.2 Å². The van der Waals surface area contributed by atoms with Crippen molar-refractivity contribution in [2.75, 3.05) is 5.73 Å². The van der Waals surface area contributed by atoms with Crippen LogP contribution in [0, 0.1) is 0 Å². The van der Waals surface area contributed by atoms with E-state index in [1.54, 1.807) is 6.33 Å². The van der Waals surface area contributed by atoms with Crippen LogP contribution >= 0.6 is 15.9 Å². The second-order valence-electron chi connectivity index (χ2n) is 3.53. The molecule has 0 bridgehead atoms. The van der Waals surface area contributed by atoms with Crippen LogP contribution in [0.3, 0.4) is 0 Å². The highest BCUT2D eigenvalue weighted by molar-refractivity contribution is 9.10. The number of nitrogens with zero attached hydrogens (tertiary/aromatic N) is 4. The third-order valence-electron chi connectivity index (χ3n) is 2.45. The lowest BCUT2D eigenvalue weighted by atomic mass is 10.3. The maximum absolute atomic E-state index is 5.74. The van der Waals surface area contributed by atoms with Crippen molar-refractivity contribution in [3.8, 4) is 5.69 Å². The molecular formula is C11H8BrN5. The summed E-state index contributed by atoms with van der Waals surface area (Å²) in [7, 11) is 0. The Hall–Kier alpha value is -1.95. The quantitative estimate of drug-likeness (QED) is 0.745. The molecule has 0 spiro atoms. The lowest BCUT2D eigenvalue weighted by Crippen LogP contribution is -1.96. The lowest BCUT2D eigenvalue weighted by molar-refractivity contribution is 1.06. The highest BCUT2D eigenvalue weighted by Crippen LogP contribution is 2.21. The molecule has 0 saturated carbocycles. The molecule has 0 atom stereocenters. The van der Waals surface area contributed by atoms with Gasteiger partial charge in [0.15, 0.2) is 17.0 Å². The summed E-state index contributed by atoms with van der Waals surface area (Å²) < 4.78 is 2.87. The van der Waals surface area contributed by atoms with E-state index in [2.05, 4.69) is 30.9 Å². The van der Waals surface area contributed by atoms with Gasteiger partial charge in [0.05, 0.1) is 0 Å². The van der Waals surface area contributed by atoms with Crippen molar-refractivity contribution in [1.29, 1.82) is 0 Å². The summed E-state index contributed by atoms with van der Waals surface area (Å²) in [4.78, 5) is 12.3. The maximum Gasteiger partial charge on any atom is 0.170 e. The lowest BCUT2D eigenvalue weighted by Gasteiger charge is -2.03. The van der Waals surface area contributed by atoms with Crippen molar-refractivity contribution in [1.82, 2.24) is 19.5 Å². The highest BCUT2D eigenvalue weighted by Gasteiger charge is 2.08. The summed E-state index contributed by atoms with van der Waals surface area (Å²) in [6.45, 7) is 0.